The lowest BCUT2D eigenvalue weighted by molar-refractivity contribution is -0.122. The van der Waals surface area contributed by atoms with Gasteiger partial charge in [-0.25, -0.2) is 8.42 Å². The summed E-state index contributed by atoms with van der Waals surface area (Å²) in [5, 5.41) is 6.80. The van der Waals surface area contributed by atoms with Crippen LogP contribution >= 0.6 is 0 Å². The Bertz CT molecular complexity index is 362. The third-order valence-corrected chi connectivity index (χ3v) is 3.53. The summed E-state index contributed by atoms with van der Waals surface area (Å²) in [6, 6.07) is -0.638. The average Bonchev–Trinajstić information content (AvgIpc) is 2.46. The molecule has 5 nitrogen and oxygen atoms in total. The minimum Gasteiger partial charge on any atom is -0.355 e. The van der Waals surface area contributed by atoms with Crippen LogP contribution in [0.1, 0.15) is 13.8 Å². The van der Waals surface area contributed by atoms with Gasteiger partial charge in [-0.15, -0.1) is 0 Å². The molecule has 0 aliphatic carbocycles. The van der Waals surface area contributed by atoms with Crippen LogP contribution in [0.4, 0.5) is 0 Å². The Kier molecular flexibility index (Phi) is 3.87. The summed E-state index contributed by atoms with van der Waals surface area (Å²) in [7, 11) is -3.05. The first-order valence-electron chi connectivity index (χ1n) is 4.89. The van der Waals surface area contributed by atoms with E-state index in [1.807, 2.05) is 6.92 Å². The second kappa shape index (κ2) is 4.76. The molecule has 0 aromatic heterocycles. The highest BCUT2D eigenvalue weighted by Crippen LogP contribution is 2.08. The molecule has 0 aromatic rings. The Morgan fingerprint density at radius 1 is 1.60 bits per heavy atom. The van der Waals surface area contributed by atoms with E-state index in [-0.39, 0.29) is 23.7 Å². The van der Waals surface area contributed by atoms with Gasteiger partial charge in [-0.2, -0.15) is 0 Å². The topological polar surface area (TPSA) is 75.3 Å². The molecule has 0 spiro atoms. The fraction of sp³-hybridized carbons (Fsp3) is 0.667. The molecule has 2 N–H and O–H groups in total. The largest absolute Gasteiger partial charge is 0.355 e. The summed E-state index contributed by atoms with van der Waals surface area (Å²) in [4.78, 5) is 11.3. The van der Waals surface area contributed by atoms with Crippen molar-refractivity contribution in [1.82, 2.24) is 10.6 Å². The van der Waals surface area contributed by atoms with Crippen molar-refractivity contribution in [2.75, 3.05) is 12.3 Å². The average molecular weight is 232 g/mol. The first kappa shape index (κ1) is 12.2. The second-order valence-corrected chi connectivity index (χ2v) is 5.48. The number of amides is 1. The second-order valence-electron chi connectivity index (χ2n) is 3.55. The van der Waals surface area contributed by atoms with E-state index in [0.29, 0.717) is 6.54 Å². The number of carbonyl (C=O) groups is 1. The Labute approximate surface area is 89.8 Å². The molecular formula is C9H16N2O3S. The summed E-state index contributed by atoms with van der Waals surface area (Å²) in [6.07, 6.45) is 1.57. The zero-order valence-electron chi connectivity index (χ0n) is 8.86. The molecule has 2 atom stereocenters. The standard InChI is InChI=1S/C9H16N2O3S/c1-3-10-9(12)7(2)11-8-4-5-15(13,14)6-8/h4-5,7-8,11H,3,6H2,1-2H3,(H,10,12). The molecule has 0 radical (unpaired) electrons. The van der Waals surface area contributed by atoms with Gasteiger partial charge < -0.3 is 5.32 Å². The first-order chi connectivity index (χ1) is 6.94. The van der Waals surface area contributed by atoms with E-state index in [0.717, 1.165) is 0 Å². The van der Waals surface area contributed by atoms with Gasteiger partial charge in [0, 0.05) is 18.0 Å². The number of carbonyl (C=O) groups excluding carboxylic acids is 1. The zero-order valence-corrected chi connectivity index (χ0v) is 9.67. The smallest absolute Gasteiger partial charge is 0.236 e. The minimum absolute atomic E-state index is 0.0384. The van der Waals surface area contributed by atoms with Gasteiger partial charge in [0.25, 0.3) is 0 Å². The maximum atomic E-state index is 11.3. The quantitative estimate of drug-likeness (QED) is 0.679. The number of hydrogen-bond donors (Lipinski definition) is 2. The van der Waals surface area contributed by atoms with Crippen LogP contribution in [0.25, 0.3) is 0 Å². The van der Waals surface area contributed by atoms with Crippen LogP contribution in [0.3, 0.4) is 0 Å². The first-order valence-corrected chi connectivity index (χ1v) is 6.61. The number of rotatable bonds is 4. The minimum atomic E-state index is -3.05. The van der Waals surface area contributed by atoms with E-state index < -0.39 is 9.84 Å². The van der Waals surface area contributed by atoms with Crippen molar-refractivity contribution < 1.29 is 13.2 Å². The van der Waals surface area contributed by atoms with Gasteiger partial charge in [0.05, 0.1) is 11.8 Å². The molecule has 0 saturated carbocycles. The van der Waals surface area contributed by atoms with Gasteiger partial charge in [-0.3, -0.25) is 10.1 Å². The van der Waals surface area contributed by atoms with Crippen molar-refractivity contribution in [1.29, 1.82) is 0 Å². The van der Waals surface area contributed by atoms with Crippen LogP contribution in [0.5, 0.6) is 0 Å². The Morgan fingerprint density at radius 3 is 2.73 bits per heavy atom. The van der Waals surface area contributed by atoms with E-state index in [9.17, 15) is 13.2 Å². The zero-order chi connectivity index (χ0) is 11.5. The van der Waals surface area contributed by atoms with Gasteiger partial charge in [0.1, 0.15) is 0 Å². The van der Waals surface area contributed by atoms with Crippen molar-refractivity contribution in [2.45, 2.75) is 25.9 Å². The van der Waals surface area contributed by atoms with Crippen molar-refractivity contribution >= 4 is 15.7 Å². The van der Waals surface area contributed by atoms with Crippen LogP contribution in [-0.2, 0) is 14.6 Å². The Balaban J connectivity index is 2.44. The molecule has 0 fully saturated rings. The van der Waals surface area contributed by atoms with Crippen molar-refractivity contribution in [3.05, 3.63) is 11.5 Å². The molecule has 0 bridgehead atoms. The molecular weight excluding hydrogens is 216 g/mol. The van der Waals surface area contributed by atoms with Crippen LogP contribution in [0.2, 0.25) is 0 Å². The van der Waals surface area contributed by atoms with E-state index >= 15 is 0 Å². The molecule has 86 valence electrons. The maximum Gasteiger partial charge on any atom is 0.236 e. The molecule has 1 rings (SSSR count). The molecule has 1 aliphatic heterocycles. The van der Waals surface area contributed by atoms with Crippen molar-refractivity contribution in [3.8, 4) is 0 Å². The molecule has 0 aromatic carbocycles. The van der Waals surface area contributed by atoms with Crippen molar-refractivity contribution in [2.24, 2.45) is 0 Å². The Morgan fingerprint density at radius 2 is 2.27 bits per heavy atom. The third kappa shape index (κ3) is 3.64. The summed E-state index contributed by atoms with van der Waals surface area (Å²) in [5.41, 5.74) is 0. The number of nitrogens with one attached hydrogen (secondary N) is 2. The summed E-state index contributed by atoms with van der Waals surface area (Å²) in [6.45, 7) is 4.12. The van der Waals surface area contributed by atoms with Gasteiger partial charge in [-0.1, -0.05) is 6.08 Å². The molecule has 1 heterocycles. The highest BCUT2D eigenvalue weighted by Gasteiger charge is 2.24. The fourth-order valence-corrected chi connectivity index (χ4v) is 2.65. The van der Waals surface area contributed by atoms with Gasteiger partial charge in [0.15, 0.2) is 9.84 Å². The molecule has 0 saturated heterocycles. The van der Waals surface area contributed by atoms with Crippen LogP contribution in [0.15, 0.2) is 11.5 Å². The van der Waals surface area contributed by atoms with Gasteiger partial charge in [0.2, 0.25) is 5.91 Å². The van der Waals surface area contributed by atoms with Gasteiger partial charge in [-0.05, 0) is 13.8 Å². The monoisotopic (exact) mass is 232 g/mol. The third-order valence-electron chi connectivity index (χ3n) is 2.14. The van der Waals surface area contributed by atoms with Crippen LogP contribution in [0, 0.1) is 0 Å². The SMILES string of the molecule is CCNC(=O)C(C)NC1C=CS(=O)(=O)C1. The highest BCUT2D eigenvalue weighted by atomic mass is 32.2. The normalized spacial score (nSPS) is 25.1. The maximum absolute atomic E-state index is 11.3. The lowest BCUT2D eigenvalue weighted by Crippen LogP contribution is -2.46. The lowest BCUT2D eigenvalue weighted by atomic mass is 10.2. The lowest BCUT2D eigenvalue weighted by Gasteiger charge is -2.16. The fourth-order valence-electron chi connectivity index (χ4n) is 1.40. The molecule has 2 unspecified atom stereocenters. The molecule has 1 aliphatic rings. The van der Waals surface area contributed by atoms with E-state index in [2.05, 4.69) is 10.6 Å². The van der Waals surface area contributed by atoms with Gasteiger partial charge >= 0.3 is 0 Å². The van der Waals surface area contributed by atoms with E-state index in [1.54, 1.807) is 13.0 Å². The summed E-state index contributed by atoms with van der Waals surface area (Å²) in [5.74, 6) is -0.0771. The predicted octanol–water partition coefficient (Wildman–Crippen LogP) is -0.589. The highest BCUT2D eigenvalue weighted by molar-refractivity contribution is 7.94. The molecule has 15 heavy (non-hydrogen) atoms. The van der Waals surface area contributed by atoms with Crippen molar-refractivity contribution in [3.63, 3.8) is 0 Å². The number of likely N-dealkylation sites (N-methyl/N-ethyl adjacent to an activating group) is 1. The molecule has 1 amide bonds. The Hall–Kier alpha value is -0.880. The number of sulfone groups is 1. The van der Waals surface area contributed by atoms with E-state index in [4.69, 9.17) is 0 Å². The molecule has 6 heteroatoms. The number of hydrogen-bond acceptors (Lipinski definition) is 4. The van der Waals surface area contributed by atoms with Crippen LogP contribution < -0.4 is 10.6 Å². The summed E-state index contributed by atoms with van der Waals surface area (Å²) < 4.78 is 22.2. The predicted molar refractivity (Wildman–Crippen MR) is 58.0 cm³/mol. The van der Waals surface area contributed by atoms with E-state index in [1.165, 1.54) is 5.41 Å². The van der Waals surface area contributed by atoms with Crippen LogP contribution in [-0.4, -0.2) is 38.7 Å². The summed E-state index contributed by atoms with van der Waals surface area (Å²) >= 11 is 0.